The number of hydrogen-bond donors (Lipinski definition) is 2. The molecule has 2 rings (SSSR count). The molecule has 0 radical (unpaired) electrons. The summed E-state index contributed by atoms with van der Waals surface area (Å²) in [7, 11) is 0. The van der Waals surface area contributed by atoms with Crippen LogP contribution in [0.3, 0.4) is 0 Å². The summed E-state index contributed by atoms with van der Waals surface area (Å²) in [5.74, 6) is 0.132. The zero-order valence-corrected chi connectivity index (χ0v) is 10.9. The highest BCUT2D eigenvalue weighted by atomic mass is 16.6. The number of nitrogens with one attached hydrogen (secondary N) is 1. The standard InChI is InChI=1S/C14H12N2O5/c17-13-7-2-1-4-10(13)9-15-14(18)21-12-6-3-5-11(8-12)16(19)20/h1-8,17H,9H2,(H,15,18). The molecule has 7 nitrogen and oxygen atoms in total. The molecule has 0 aliphatic carbocycles. The Morgan fingerprint density at radius 1 is 1.24 bits per heavy atom. The molecule has 0 aromatic heterocycles. The van der Waals surface area contributed by atoms with Crippen LogP contribution in [0.1, 0.15) is 5.56 Å². The van der Waals surface area contributed by atoms with Gasteiger partial charge in [-0.15, -0.1) is 0 Å². The van der Waals surface area contributed by atoms with E-state index in [1.807, 2.05) is 0 Å². The zero-order valence-electron chi connectivity index (χ0n) is 10.9. The Hall–Kier alpha value is -3.09. The van der Waals surface area contributed by atoms with Gasteiger partial charge >= 0.3 is 6.09 Å². The van der Waals surface area contributed by atoms with Crippen LogP contribution in [0.5, 0.6) is 11.5 Å². The third kappa shape index (κ3) is 3.93. The maximum atomic E-state index is 11.6. The molecule has 7 heteroatoms. The van der Waals surface area contributed by atoms with Gasteiger partial charge in [-0.1, -0.05) is 24.3 Å². The number of aromatic hydroxyl groups is 1. The number of amides is 1. The van der Waals surface area contributed by atoms with Crippen molar-refractivity contribution in [2.24, 2.45) is 0 Å². The molecule has 2 aromatic rings. The summed E-state index contributed by atoms with van der Waals surface area (Å²) in [6.45, 7) is 0.0838. The van der Waals surface area contributed by atoms with E-state index in [4.69, 9.17) is 4.74 Å². The van der Waals surface area contributed by atoms with E-state index in [2.05, 4.69) is 5.32 Å². The number of hydrogen-bond acceptors (Lipinski definition) is 5. The van der Waals surface area contributed by atoms with E-state index in [0.717, 1.165) is 6.07 Å². The minimum Gasteiger partial charge on any atom is -0.508 e. The van der Waals surface area contributed by atoms with Crippen LogP contribution < -0.4 is 10.1 Å². The van der Waals surface area contributed by atoms with E-state index in [1.54, 1.807) is 18.2 Å². The number of phenolic OH excluding ortho intramolecular Hbond substituents is 1. The van der Waals surface area contributed by atoms with E-state index in [1.165, 1.54) is 24.3 Å². The fourth-order valence-electron chi connectivity index (χ4n) is 1.63. The number of para-hydroxylation sites is 1. The van der Waals surface area contributed by atoms with E-state index in [0.29, 0.717) is 5.56 Å². The third-order valence-electron chi connectivity index (χ3n) is 2.65. The molecule has 2 N–H and O–H groups in total. The molecule has 1 amide bonds. The van der Waals surface area contributed by atoms with Gasteiger partial charge in [0.1, 0.15) is 11.5 Å². The Balaban J connectivity index is 1.95. The lowest BCUT2D eigenvalue weighted by Crippen LogP contribution is -2.26. The van der Waals surface area contributed by atoms with Gasteiger partial charge in [0.05, 0.1) is 11.0 Å². The molecule has 21 heavy (non-hydrogen) atoms. The summed E-state index contributed by atoms with van der Waals surface area (Å²) in [6, 6.07) is 11.9. The number of carbonyl (C=O) groups is 1. The van der Waals surface area contributed by atoms with Gasteiger partial charge in [0.15, 0.2) is 0 Å². The molecule has 0 aliphatic heterocycles. The first-order chi connectivity index (χ1) is 10.1. The molecule has 0 unspecified atom stereocenters. The summed E-state index contributed by atoms with van der Waals surface area (Å²) in [5, 5.41) is 22.6. The number of phenols is 1. The van der Waals surface area contributed by atoms with Crippen molar-refractivity contribution in [3.8, 4) is 11.5 Å². The number of rotatable bonds is 4. The van der Waals surface area contributed by atoms with Crippen LogP contribution in [0.4, 0.5) is 10.5 Å². The Kier molecular flexibility index (Phi) is 4.35. The normalized spacial score (nSPS) is 9.90. The second kappa shape index (κ2) is 6.38. The van der Waals surface area contributed by atoms with Crippen molar-refractivity contribution in [1.29, 1.82) is 0 Å². The van der Waals surface area contributed by atoms with Gasteiger partial charge < -0.3 is 15.2 Å². The van der Waals surface area contributed by atoms with E-state index >= 15 is 0 Å². The first kappa shape index (κ1) is 14.3. The fraction of sp³-hybridized carbons (Fsp3) is 0.0714. The molecular weight excluding hydrogens is 276 g/mol. The Morgan fingerprint density at radius 2 is 2.00 bits per heavy atom. The van der Waals surface area contributed by atoms with E-state index in [9.17, 15) is 20.0 Å². The van der Waals surface area contributed by atoms with E-state index in [-0.39, 0.29) is 23.7 Å². The van der Waals surface area contributed by atoms with Crippen molar-refractivity contribution in [3.63, 3.8) is 0 Å². The highest BCUT2D eigenvalue weighted by molar-refractivity contribution is 5.70. The molecule has 0 saturated carbocycles. The van der Waals surface area contributed by atoms with Crippen LogP contribution in [-0.4, -0.2) is 16.1 Å². The molecule has 0 aliphatic rings. The third-order valence-corrected chi connectivity index (χ3v) is 2.65. The van der Waals surface area contributed by atoms with Crippen molar-refractivity contribution in [3.05, 3.63) is 64.2 Å². The zero-order chi connectivity index (χ0) is 15.2. The minimum absolute atomic E-state index is 0.0631. The topological polar surface area (TPSA) is 102 Å². The average molecular weight is 288 g/mol. The highest BCUT2D eigenvalue weighted by Crippen LogP contribution is 2.19. The number of nitro benzene ring substituents is 1. The predicted octanol–water partition coefficient (Wildman–Crippen LogP) is 2.59. The Bertz CT molecular complexity index is 672. The van der Waals surface area contributed by atoms with Crippen LogP contribution >= 0.6 is 0 Å². The van der Waals surface area contributed by atoms with Crippen molar-refractivity contribution in [2.75, 3.05) is 0 Å². The largest absolute Gasteiger partial charge is 0.508 e. The molecule has 2 aromatic carbocycles. The van der Waals surface area contributed by atoms with Gasteiger partial charge in [0.25, 0.3) is 5.69 Å². The molecular formula is C14H12N2O5. The fourth-order valence-corrected chi connectivity index (χ4v) is 1.63. The molecule has 0 saturated heterocycles. The highest BCUT2D eigenvalue weighted by Gasteiger charge is 2.10. The number of non-ortho nitro benzene ring substituents is 1. The minimum atomic E-state index is -0.765. The smallest absolute Gasteiger partial charge is 0.412 e. The Labute approximate surface area is 119 Å². The van der Waals surface area contributed by atoms with Gasteiger partial charge in [0, 0.05) is 18.2 Å². The van der Waals surface area contributed by atoms with Crippen LogP contribution in [0.15, 0.2) is 48.5 Å². The lowest BCUT2D eigenvalue weighted by molar-refractivity contribution is -0.384. The quantitative estimate of drug-likeness (QED) is 0.665. The molecule has 0 spiro atoms. The second-order valence-corrected chi connectivity index (χ2v) is 4.13. The van der Waals surface area contributed by atoms with Crippen molar-refractivity contribution < 1.29 is 19.6 Å². The lowest BCUT2D eigenvalue weighted by Gasteiger charge is -2.07. The van der Waals surface area contributed by atoms with Crippen molar-refractivity contribution in [1.82, 2.24) is 5.32 Å². The number of nitro groups is 1. The maximum Gasteiger partial charge on any atom is 0.412 e. The molecule has 0 fully saturated rings. The number of nitrogens with zero attached hydrogens (tertiary/aromatic N) is 1. The van der Waals surface area contributed by atoms with Crippen molar-refractivity contribution >= 4 is 11.8 Å². The number of ether oxygens (including phenoxy) is 1. The van der Waals surface area contributed by atoms with Crippen molar-refractivity contribution in [2.45, 2.75) is 6.54 Å². The van der Waals surface area contributed by atoms with E-state index < -0.39 is 11.0 Å². The van der Waals surface area contributed by atoms with Gasteiger partial charge in [-0.05, 0) is 12.1 Å². The first-order valence-corrected chi connectivity index (χ1v) is 6.03. The summed E-state index contributed by atoms with van der Waals surface area (Å²) in [4.78, 5) is 21.6. The molecule has 108 valence electrons. The predicted molar refractivity (Wildman–Crippen MR) is 74.1 cm³/mol. The van der Waals surface area contributed by atoms with Crippen LogP contribution in [0, 0.1) is 10.1 Å². The second-order valence-electron chi connectivity index (χ2n) is 4.13. The monoisotopic (exact) mass is 288 g/mol. The summed E-state index contributed by atoms with van der Waals surface area (Å²) in [5.41, 5.74) is 0.370. The summed E-state index contributed by atoms with van der Waals surface area (Å²) >= 11 is 0. The van der Waals surface area contributed by atoms with Gasteiger partial charge in [-0.2, -0.15) is 0 Å². The van der Waals surface area contributed by atoms with Crippen LogP contribution in [0.2, 0.25) is 0 Å². The van der Waals surface area contributed by atoms with Gasteiger partial charge in [0.2, 0.25) is 0 Å². The van der Waals surface area contributed by atoms with Gasteiger partial charge in [-0.25, -0.2) is 4.79 Å². The molecule has 0 heterocycles. The summed E-state index contributed by atoms with van der Waals surface area (Å²) in [6.07, 6.45) is -0.765. The Morgan fingerprint density at radius 3 is 2.71 bits per heavy atom. The SMILES string of the molecule is O=C(NCc1ccccc1O)Oc1cccc([N+](=O)[O-])c1. The number of benzene rings is 2. The van der Waals surface area contributed by atoms with Gasteiger partial charge in [-0.3, -0.25) is 10.1 Å². The first-order valence-electron chi connectivity index (χ1n) is 6.03. The van der Waals surface area contributed by atoms with Crippen LogP contribution in [-0.2, 0) is 6.54 Å². The number of carbonyl (C=O) groups excluding carboxylic acids is 1. The average Bonchev–Trinajstić information content (AvgIpc) is 2.46. The molecule has 0 bridgehead atoms. The van der Waals surface area contributed by atoms with Crippen LogP contribution in [0.25, 0.3) is 0 Å². The molecule has 0 atom stereocenters. The summed E-state index contributed by atoms with van der Waals surface area (Å²) < 4.78 is 4.93. The lowest BCUT2D eigenvalue weighted by atomic mass is 10.2. The maximum absolute atomic E-state index is 11.6.